The van der Waals surface area contributed by atoms with Crippen molar-refractivity contribution in [2.75, 3.05) is 5.32 Å². The Bertz CT molecular complexity index is 865. The molecule has 0 aliphatic carbocycles. The van der Waals surface area contributed by atoms with Crippen LogP contribution < -0.4 is 5.32 Å². The summed E-state index contributed by atoms with van der Waals surface area (Å²) in [7, 11) is 0. The Morgan fingerprint density at radius 1 is 1.38 bits per heavy atom. The van der Waals surface area contributed by atoms with Crippen molar-refractivity contribution in [3.63, 3.8) is 0 Å². The Hall–Kier alpha value is -2.02. The number of nitrogens with zero attached hydrogens (tertiary/aromatic N) is 5. The maximum atomic E-state index is 4.72. The Kier molecular flexibility index (Phi) is 3.96. The van der Waals surface area contributed by atoms with E-state index in [1.54, 1.807) is 17.7 Å². The first kappa shape index (κ1) is 15.5. The summed E-state index contributed by atoms with van der Waals surface area (Å²) in [5.41, 5.74) is 1.35. The average molecular weight is 342 g/mol. The third-order valence-corrected chi connectivity index (χ3v) is 5.32. The molecule has 0 radical (unpaired) electrons. The summed E-state index contributed by atoms with van der Waals surface area (Å²) < 4.78 is 2.00. The molecule has 3 aromatic rings. The number of aromatic nitrogens is 5. The average Bonchev–Trinajstić information content (AvgIpc) is 3.13. The van der Waals surface area contributed by atoms with Gasteiger partial charge >= 0.3 is 0 Å². The molecule has 0 saturated heterocycles. The van der Waals surface area contributed by atoms with Gasteiger partial charge in [0.25, 0.3) is 0 Å². The Morgan fingerprint density at radius 3 is 3.08 bits per heavy atom. The molecule has 0 saturated carbocycles. The maximum absolute atomic E-state index is 4.72. The molecule has 4 rings (SSSR count). The quantitative estimate of drug-likeness (QED) is 0.788. The topological polar surface area (TPSA) is 68.5 Å². The number of aryl methyl sites for hydroxylation is 2. The number of hydrogen-bond donors (Lipinski definition) is 1. The van der Waals surface area contributed by atoms with E-state index in [4.69, 9.17) is 4.98 Å². The molecular formula is C17H22N6S. The van der Waals surface area contributed by atoms with E-state index in [0.717, 1.165) is 48.1 Å². The van der Waals surface area contributed by atoms with Crippen LogP contribution in [0.25, 0.3) is 10.2 Å². The SMILES string of the molecule is Cc1nc(NC2CCc3ncnn3C2)c2c(CC(C)C)csc2n1. The zero-order valence-electron chi connectivity index (χ0n) is 14.3. The van der Waals surface area contributed by atoms with Crippen LogP contribution in [0.15, 0.2) is 11.7 Å². The number of rotatable bonds is 4. The summed E-state index contributed by atoms with van der Waals surface area (Å²) in [4.78, 5) is 14.7. The molecule has 1 N–H and O–H groups in total. The van der Waals surface area contributed by atoms with Crippen LogP contribution in [0.2, 0.25) is 0 Å². The zero-order valence-corrected chi connectivity index (χ0v) is 15.1. The lowest BCUT2D eigenvalue weighted by Gasteiger charge is -2.24. The molecule has 24 heavy (non-hydrogen) atoms. The van der Waals surface area contributed by atoms with Crippen molar-refractivity contribution in [1.82, 2.24) is 24.7 Å². The second-order valence-electron chi connectivity index (χ2n) is 6.90. The largest absolute Gasteiger partial charge is 0.365 e. The fourth-order valence-electron chi connectivity index (χ4n) is 3.35. The first-order valence-corrected chi connectivity index (χ1v) is 9.36. The van der Waals surface area contributed by atoms with E-state index >= 15 is 0 Å². The fraction of sp³-hybridized carbons (Fsp3) is 0.529. The number of thiophene rings is 1. The lowest BCUT2D eigenvalue weighted by molar-refractivity contribution is 0.441. The minimum atomic E-state index is 0.323. The second kappa shape index (κ2) is 6.12. The molecule has 7 heteroatoms. The van der Waals surface area contributed by atoms with Crippen LogP contribution >= 0.6 is 11.3 Å². The van der Waals surface area contributed by atoms with Crippen LogP contribution in [0.3, 0.4) is 0 Å². The number of anilines is 1. The zero-order chi connectivity index (χ0) is 16.7. The number of hydrogen-bond acceptors (Lipinski definition) is 6. The smallest absolute Gasteiger partial charge is 0.139 e. The van der Waals surface area contributed by atoms with Gasteiger partial charge in [-0.1, -0.05) is 13.8 Å². The predicted molar refractivity (Wildman–Crippen MR) is 96.4 cm³/mol. The van der Waals surface area contributed by atoms with Crippen molar-refractivity contribution in [2.24, 2.45) is 5.92 Å². The molecule has 0 amide bonds. The van der Waals surface area contributed by atoms with Crippen molar-refractivity contribution in [1.29, 1.82) is 0 Å². The highest BCUT2D eigenvalue weighted by Gasteiger charge is 2.22. The molecule has 1 aliphatic heterocycles. The van der Waals surface area contributed by atoms with Gasteiger partial charge in [-0.15, -0.1) is 11.3 Å². The highest BCUT2D eigenvalue weighted by atomic mass is 32.1. The molecule has 1 unspecified atom stereocenters. The van der Waals surface area contributed by atoms with E-state index < -0.39 is 0 Å². The van der Waals surface area contributed by atoms with Crippen molar-refractivity contribution in [2.45, 2.75) is 52.6 Å². The van der Waals surface area contributed by atoms with Crippen LogP contribution in [-0.4, -0.2) is 30.8 Å². The van der Waals surface area contributed by atoms with Crippen molar-refractivity contribution >= 4 is 27.4 Å². The molecule has 1 atom stereocenters. The molecular weight excluding hydrogens is 320 g/mol. The van der Waals surface area contributed by atoms with Crippen molar-refractivity contribution < 1.29 is 0 Å². The molecule has 0 aromatic carbocycles. The molecule has 6 nitrogen and oxygen atoms in total. The molecule has 0 fully saturated rings. The second-order valence-corrected chi connectivity index (χ2v) is 7.75. The van der Waals surface area contributed by atoms with Crippen LogP contribution in [0.4, 0.5) is 5.82 Å². The molecule has 4 heterocycles. The first-order chi connectivity index (χ1) is 11.6. The Balaban J connectivity index is 1.67. The summed E-state index contributed by atoms with van der Waals surface area (Å²) in [6.07, 6.45) is 4.70. The number of fused-ring (bicyclic) bond motifs is 2. The van der Waals surface area contributed by atoms with E-state index in [0.29, 0.717) is 12.0 Å². The molecule has 3 aromatic heterocycles. The van der Waals surface area contributed by atoms with E-state index in [1.165, 1.54) is 10.9 Å². The highest BCUT2D eigenvalue weighted by molar-refractivity contribution is 7.17. The lowest BCUT2D eigenvalue weighted by Crippen LogP contribution is -2.32. The number of nitrogens with one attached hydrogen (secondary N) is 1. The summed E-state index contributed by atoms with van der Waals surface area (Å²) in [6.45, 7) is 7.30. The Morgan fingerprint density at radius 2 is 2.25 bits per heavy atom. The fourth-order valence-corrected chi connectivity index (χ4v) is 4.35. The van der Waals surface area contributed by atoms with Crippen molar-refractivity contribution in [3.8, 4) is 0 Å². The highest BCUT2D eigenvalue weighted by Crippen LogP contribution is 2.32. The summed E-state index contributed by atoms with van der Waals surface area (Å²) in [5.74, 6) is 3.49. The van der Waals surface area contributed by atoms with Crippen LogP contribution in [0, 0.1) is 12.8 Å². The van der Waals surface area contributed by atoms with Gasteiger partial charge < -0.3 is 5.32 Å². The van der Waals surface area contributed by atoms with Gasteiger partial charge in [0.05, 0.1) is 11.9 Å². The van der Waals surface area contributed by atoms with Gasteiger partial charge in [0, 0.05) is 12.5 Å². The van der Waals surface area contributed by atoms with Gasteiger partial charge in [-0.05, 0) is 36.6 Å². The van der Waals surface area contributed by atoms with Crippen LogP contribution in [0.1, 0.15) is 37.5 Å². The molecule has 1 aliphatic rings. The van der Waals surface area contributed by atoms with E-state index in [-0.39, 0.29) is 0 Å². The molecule has 0 spiro atoms. The van der Waals surface area contributed by atoms with Crippen LogP contribution in [0.5, 0.6) is 0 Å². The maximum Gasteiger partial charge on any atom is 0.139 e. The molecule has 126 valence electrons. The third kappa shape index (κ3) is 2.88. The standard InChI is InChI=1S/C17H22N6S/c1-10(2)6-12-8-24-17-15(12)16(20-11(3)21-17)22-13-4-5-14-18-9-19-23(14)7-13/h8-10,13H,4-7H2,1-3H3,(H,20,21,22). The van der Waals surface area contributed by atoms with Gasteiger partial charge in [0.15, 0.2) is 0 Å². The van der Waals surface area contributed by atoms with Gasteiger partial charge in [-0.2, -0.15) is 5.10 Å². The predicted octanol–water partition coefficient (Wildman–Crippen LogP) is 3.22. The van der Waals surface area contributed by atoms with Crippen LogP contribution in [-0.2, 0) is 19.4 Å². The Labute approximate surface area is 145 Å². The molecule has 0 bridgehead atoms. The minimum Gasteiger partial charge on any atom is -0.365 e. The van der Waals surface area contributed by atoms with Gasteiger partial charge in [-0.25, -0.2) is 19.6 Å². The van der Waals surface area contributed by atoms with E-state index in [1.807, 2.05) is 11.6 Å². The summed E-state index contributed by atoms with van der Waals surface area (Å²) >= 11 is 1.72. The van der Waals surface area contributed by atoms with E-state index in [2.05, 4.69) is 39.6 Å². The van der Waals surface area contributed by atoms with Gasteiger partial charge in [0.1, 0.15) is 28.6 Å². The minimum absolute atomic E-state index is 0.323. The van der Waals surface area contributed by atoms with Crippen molar-refractivity contribution in [3.05, 3.63) is 28.9 Å². The summed E-state index contributed by atoms with van der Waals surface area (Å²) in [5, 5.41) is 11.4. The van der Waals surface area contributed by atoms with Gasteiger partial charge in [0.2, 0.25) is 0 Å². The normalized spacial score (nSPS) is 17.4. The summed E-state index contributed by atoms with van der Waals surface area (Å²) in [6, 6.07) is 0.323. The lowest BCUT2D eigenvalue weighted by atomic mass is 10.0. The monoisotopic (exact) mass is 342 g/mol. The first-order valence-electron chi connectivity index (χ1n) is 8.48. The third-order valence-electron chi connectivity index (χ3n) is 4.40. The van der Waals surface area contributed by atoms with E-state index in [9.17, 15) is 0 Å². The van der Waals surface area contributed by atoms with Gasteiger partial charge in [-0.3, -0.25) is 0 Å².